The predicted molar refractivity (Wildman–Crippen MR) is 299 cm³/mol. The quantitative estimate of drug-likeness (QED) is 0.114. The van der Waals surface area contributed by atoms with Crippen molar-refractivity contribution in [2.45, 2.75) is 50.9 Å². The van der Waals surface area contributed by atoms with E-state index in [0.29, 0.717) is 17.8 Å². The van der Waals surface area contributed by atoms with Gasteiger partial charge in [-0.1, -0.05) is 222 Å². The van der Waals surface area contributed by atoms with Crippen LogP contribution in [0.5, 0.6) is 11.5 Å². The molecule has 12 rings (SSSR count). The van der Waals surface area contributed by atoms with E-state index in [2.05, 4.69) is 287 Å². The Bertz CT molecular complexity index is 3470. The van der Waals surface area contributed by atoms with Gasteiger partial charge >= 0.3 is 0 Å². The van der Waals surface area contributed by atoms with Gasteiger partial charge < -0.3 is 9.64 Å². The Hall–Kier alpha value is -8.20. The van der Waals surface area contributed by atoms with Gasteiger partial charge in [0.1, 0.15) is 11.5 Å². The van der Waals surface area contributed by atoms with E-state index in [9.17, 15) is 0 Å². The SMILES string of the molecule is CC(C)CC(c1ccc(Oc2ccc(C3(c4ccccc4)c4ccccc4-c4ccc(N(c5ccccc5)c5ccc6c(c5)C(c5ccccc5)(c5ccccc5)c5ccccc5-6)cc43)cc2)cc1)C(C)C. The zero-order chi connectivity index (χ0) is 48.8. The number of hydrogen-bond donors (Lipinski definition) is 0. The van der Waals surface area contributed by atoms with E-state index in [1.807, 2.05) is 0 Å². The molecule has 0 bridgehead atoms. The van der Waals surface area contributed by atoms with Gasteiger partial charge in [0.05, 0.1) is 10.8 Å². The normalized spacial score (nSPS) is 15.4. The van der Waals surface area contributed by atoms with Crippen molar-refractivity contribution in [3.63, 3.8) is 0 Å². The number of benzene rings is 10. The Kier molecular flexibility index (Phi) is 11.6. The van der Waals surface area contributed by atoms with Crippen LogP contribution < -0.4 is 9.64 Å². The number of nitrogens with zero attached hydrogens (tertiary/aromatic N) is 1. The topological polar surface area (TPSA) is 12.5 Å². The second-order valence-electron chi connectivity index (χ2n) is 20.5. The Balaban J connectivity index is 1.01. The summed E-state index contributed by atoms with van der Waals surface area (Å²) >= 11 is 0. The molecule has 2 aliphatic rings. The van der Waals surface area contributed by atoms with Crippen LogP contribution in [0.3, 0.4) is 0 Å². The third-order valence-corrected chi connectivity index (χ3v) is 15.6. The molecule has 0 amide bonds. The molecule has 10 aromatic carbocycles. The number of anilines is 3. The number of para-hydroxylation sites is 1. The molecule has 2 atom stereocenters. The lowest BCUT2D eigenvalue weighted by Crippen LogP contribution is -2.29. The van der Waals surface area contributed by atoms with Gasteiger partial charge in [-0.2, -0.15) is 0 Å². The van der Waals surface area contributed by atoms with Crippen molar-refractivity contribution in [3.8, 4) is 33.8 Å². The van der Waals surface area contributed by atoms with Crippen molar-refractivity contribution < 1.29 is 4.74 Å². The molecule has 0 radical (unpaired) electrons. The van der Waals surface area contributed by atoms with Crippen molar-refractivity contribution in [1.82, 2.24) is 0 Å². The van der Waals surface area contributed by atoms with Crippen LogP contribution in [-0.2, 0) is 10.8 Å². The minimum atomic E-state index is -0.622. The zero-order valence-electron chi connectivity index (χ0n) is 41.5. The van der Waals surface area contributed by atoms with Gasteiger partial charge in [0.15, 0.2) is 0 Å². The molecule has 0 saturated heterocycles. The minimum absolute atomic E-state index is 0.523. The molecular weight excluding hydrogens is 871 g/mol. The average Bonchev–Trinajstić information content (AvgIpc) is 3.90. The van der Waals surface area contributed by atoms with Crippen LogP contribution in [0.4, 0.5) is 17.1 Å². The summed E-state index contributed by atoms with van der Waals surface area (Å²) in [4.78, 5) is 2.46. The summed E-state index contributed by atoms with van der Waals surface area (Å²) in [6.07, 6.45) is 1.17. The van der Waals surface area contributed by atoms with E-state index in [1.165, 1.54) is 78.7 Å². The maximum absolute atomic E-state index is 6.62. The zero-order valence-corrected chi connectivity index (χ0v) is 41.5. The molecule has 2 heteroatoms. The molecule has 0 aliphatic heterocycles. The average molecular weight is 930 g/mol. The largest absolute Gasteiger partial charge is 0.457 e. The van der Waals surface area contributed by atoms with Crippen molar-refractivity contribution in [2.24, 2.45) is 11.8 Å². The lowest BCUT2D eigenvalue weighted by atomic mass is 9.67. The van der Waals surface area contributed by atoms with Gasteiger partial charge in [0.25, 0.3) is 0 Å². The van der Waals surface area contributed by atoms with Gasteiger partial charge in [-0.15, -0.1) is 0 Å². The molecule has 0 heterocycles. The number of rotatable bonds is 13. The van der Waals surface area contributed by atoms with E-state index in [0.717, 1.165) is 28.6 Å². The highest BCUT2D eigenvalue weighted by Crippen LogP contribution is 2.59. The van der Waals surface area contributed by atoms with Gasteiger partial charge in [-0.05, 0) is 157 Å². The first kappa shape index (κ1) is 45.0. The highest BCUT2D eigenvalue weighted by atomic mass is 16.5. The first-order valence-corrected chi connectivity index (χ1v) is 25.7. The van der Waals surface area contributed by atoms with Crippen molar-refractivity contribution >= 4 is 17.1 Å². The molecule has 0 saturated carbocycles. The molecule has 2 nitrogen and oxygen atoms in total. The highest BCUT2D eigenvalue weighted by Gasteiger charge is 2.48. The molecule has 10 aromatic rings. The maximum Gasteiger partial charge on any atom is 0.127 e. The third kappa shape index (κ3) is 7.39. The van der Waals surface area contributed by atoms with E-state index >= 15 is 0 Å². The van der Waals surface area contributed by atoms with Gasteiger partial charge in [0.2, 0.25) is 0 Å². The van der Waals surface area contributed by atoms with Crippen LogP contribution in [0.2, 0.25) is 0 Å². The Labute approximate surface area is 425 Å². The van der Waals surface area contributed by atoms with Crippen molar-refractivity contribution in [3.05, 3.63) is 305 Å². The lowest BCUT2D eigenvalue weighted by molar-refractivity contribution is 0.407. The molecule has 2 aliphatic carbocycles. The number of ether oxygens (including phenoxy) is 1. The summed E-state index contributed by atoms with van der Waals surface area (Å²) in [5.41, 5.74) is 18.5. The molecule has 0 aromatic heterocycles. The van der Waals surface area contributed by atoms with Crippen molar-refractivity contribution in [2.75, 3.05) is 4.90 Å². The smallest absolute Gasteiger partial charge is 0.127 e. The summed E-state index contributed by atoms with van der Waals surface area (Å²) in [6.45, 7) is 9.29. The van der Waals surface area contributed by atoms with Gasteiger partial charge in [-0.3, -0.25) is 0 Å². The van der Waals surface area contributed by atoms with E-state index in [4.69, 9.17) is 4.74 Å². The lowest BCUT2D eigenvalue weighted by Gasteiger charge is -2.36. The molecule has 72 heavy (non-hydrogen) atoms. The number of hydrogen-bond acceptors (Lipinski definition) is 2. The highest BCUT2D eigenvalue weighted by molar-refractivity contribution is 5.92. The van der Waals surface area contributed by atoms with E-state index in [-0.39, 0.29) is 0 Å². The molecule has 2 unspecified atom stereocenters. The van der Waals surface area contributed by atoms with Crippen LogP contribution in [0, 0.1) is 11.8 Å². The van der Waals surface area contributed by atoms with Crippen LogP contribution >= 0.6 is 0 Å². The standard InChI is InChI=1S/C70H59NO/c1-48(2)45-64(49(3)4)50-33-39-58(40-34-50)72-59-41-35-54(36-42-59)70(53-25-13-7-14-26-53)66-32-20-18-30-61(66)63-44-38-57(47-68(63)70)71(55-27-15-8-16-28-55)56-37-43-62-60-29-17-19-31-65(60)69(67(62)46-56,51-21-9-5-10-22-51)52-23-11-6-12-24-52/h5-44,46-49,64H,45H2,1-4H3. The summed E-state index contributed by atoms with van der Waals surface area (Å²) in [5.74, 6) is 3.40. The predicted octanol–water partition coefficient (Wildman–Crippen LogP) is 18.5. The van der Waals surface area contributed by atoms with Crippen molar-refractivity contribution in [1.29, 1.82) is 0 Å². The van der Waals surface area contributed by atoms with Gasteiger partial charge in [-0.25, -0.2) is 0 Å². The van der Waals surface area contributed by atoms with E-state index < -0.39 is 10.8 Å². The minimum Gasteiger partial charge on any atom is -0.457 e. The first-order chi connectivity index (χ1) is 35.3. The number of fused-ring (bicyclic) bond motifs is 6. The van der Waals surface area contributed by atoms with E-state index in [1.54, 1.807) is 0 Å². The third-order valence-electron chi connectivity index (χ3n) is 15.6. The molecule has 0 fully saturated rings. The van der Waals surface area contributed by atoms with Crippen LogP contribution in [0.1, 0.15) is 90.1 Å². The summed E-state index contributed by atoms with van der Waals surface area (Å²) in [6, 6.07) is 94.1. The fraction of sp³-hybridized carbons (Fsp3) is 0.143. The maximum atomic E-state index is 6.62. The summed E-state index contributed by atoms with van der Waals surface area (Å²) in [5, 5.41) is 0. The second kappa shape index (κ2) is 18.5. The molecular formula is C70H59NO. The Morgan fingerprint density at radius 2 is 0.722 bits per heavy atom. The molecule has 350 valence electrons. The fourth-order valence-electron chi connectivity index (χ4n) is 12.5. The van der Waals surface area contributed by atoms with Crippen LogP contribution in [0.15, 0.2) is 255 Å². The van der Waals surface area contributed by atoms with Crippen LogP contribution in [-0.4, -0.2) is 0 Å². The van der Waals surface area contributed by atoms with Gasteiger partial charge in [0, 0.05) is 17.1 Å². The second-order valence-corrected chi connectivity index (χ2v) is 20.5. The van der Waals surface area contributed by atoms with Crippen LogP contribution in [0.25, 0.3) is 22.3 Å². The summed E-state index contributed by atoms with van der Waals surface area (Å²) in [7, 11) is 0. The Morgan fingerprint density at radius 3 is 1.15 bits per heavy atom. The summed E-state index contributed by atoms with van der Waals surface area (Å²) < 4.78 is 6.62. The fourth-order valence-corrected chi connectivity index (χ4v) is 12.5. The molecule has 0 N–H and O–H groups in total. The molecule has 0 spiro atoms. The first-order valence-electron chi connectivity index (χ1n) is 25.7. The monoisotopic (exact) mass is 929 g/mol. The Morgan fingerprint density at radius 1 is 0.347 bits per heavy atom.